The van der Waals surface area contributed by atoms with Crippen molar-refractivity contribution in [1.82, 2.24) is 0 Å². The van der Waals surface area contributed by atoms with Gasteiger partial charge in [-0.05, 0) is 38.0 Å². The summed E-state index contributed by atoms with van der Waals surface area (Å²) in [4.78, 5) is 0. The molecule has 2 aliphatic carbocycles. The Morgan fingerprint density at radius 2 is 1.88 bits per heavy atom. The molecule has 0 aromatic heterocycles. The van der Waals surface area contributed by atoms with Crippen molar-refractivity contribution in [2.24, 2.45) is 17.6 Å². The lowest BCUT2D eigenvalue weighted by Crippen LogP contribution is -2.29. The van der Waals surface area contributed by atoms with E-state index < -0.39 is 5.92 Å². The van der Waals surface area contributed by atoms with Gasteiger partial charge in [-0.15, -0.1) is 0 Å². The molecule has 3 nitrogen and oxygen atoms in total. The standard InChI is InChI=1S/C9H15F2N.C2H6O.H2O.H2/c10-9(11)2-1-6-3-8(12)4-7(6)5-9;1-2-3;;/h6-8H,1-5,12H2;3H,2H2,1H3;1H2;1H/t6-,7+,8-;;;/m0.../s1. The summed E-state index contributed by atoms with van der Waals surface area (Å²) in [6.07, 6.45) is 2.65. The van der Waals surface area contributed by atoms with Gasteiger partial charge in [-0.3, -0.25) is 0 Å². The molecule has 0 unspecified atom stereocenters. The minimum atomic E-state index is -2.40. The Kier molecular flexibility index (Phi) is 6.36. The molecule has 3 atom stereocenters. The van der Waals surface area contributed by atoms with E-state index in [0.29, 0.717) is 12.3 Å². The monoisotopic (exact) mass is 241 g/mol. The third kappa shape index (κ3) is 4.31. The Bertz CT molecular complexity index is 208. The number of hydrogen-bond acceptors (Lipinski definition) is 2. The van der Waals surface area contributed by atoms with Crippen molar-refractivity contribution in [3.05, 3.63) is 0 Å². The zero-order valence-electron chi connectivity index (χ0n) is 9.76. The van der Waals surface area contributed by atoms with Crippen LogP contribution >= 0.6 is 0 Å². The van der Waals surface area contributed by atoms with Gasteiger partial charge >= 0.3 is 0 Å². The molecule has 2 rings (SSSR count). The van der Waals surface area contributed by atoms with E-state index in [4.69, 9.17) is 10.8 Å². The second kappa shape index (κ2) is 6.47. The van der Waals surface area contributed by atoms with Gasteiger partial charge in [-0.2, -0.15) is 0 Å². The van der Waals surface area contributed by atoms with Crippen molar-refractivity contribution in [3.8, 4) is 0 Å². The van der Waals surface area contributed by atoms with Crippen LogP contribution in [0.5, 0.6) is 0 Å². The maximum Gasteiger partial charge on any atom is 0.248 e. The van der Waals surface area contributed by atoms with Gasteiger partial charge in [-0.1, -0.05) is 0 Å². The van der Waals surface area contributed by atoms with Gasteiger partial charge in [0, 0.05) is 26.9 Å². The average molecular weight is 241 g/mol. The summed E-state index contributed by atoms with van der Waals surface area (Å²) in [6.45, 7) is 1.93. The number of nitrogens with two attached hydrogens (primary N) is 1. The maximum absolute atomic E-state index is 12.9. The van der Waals surface area contributed by atoms with Crippen LogP contribution in [0.15, 0.2) is 0 Å². The third-order valence-electron chi connectivity index (χ3n) is 3.32. The van der Waals surface area contributed by atoms with E-state index in [1.807, 2.05) is 0 Å². The van der Waals surface area contributed by atoms with Crippen molar-refractivity contribution in [2.75, 3.05) is 6.61 Å². The summed E-state index contributed by atoms with van der Waals surface area (Å²) in [5.41, 5.74) is 5.74. The molecule has 0 aromatic rings. The molecular weight excluding hydrogens is 216 g/mol. The molecule has 2 saturated carbocycles. The smallest absolute Gasteiger partial charge is 0.248 e. The largest absolute Gasteiger partial charge is 0.412 e. The van der Waals surface area contributed by atoms with Crippen LogP contribution < -0.4 is 5.73 Å². The van der Waals surface area contributed by atoms with Crippen LogP contribution in [0, 0.1) is 11.8 Å². The summed E-state index contributed by atoms with van der Waals surface area (Å²) in [5.74, 6) is -1.69. The van der Waals surface area contributed by atoms with Gasteiger partial charge < -0.3 is 16.3 Å². The van der Waals surface area contributed by atoms with Gasteiger partial charge in [-0.25, -0.2) is 8.78 Å². The zero-order chi connectivity index (χ0) is 11.5. The number of aliphatic hydroxyl groups is 1. The Hall–Kier alpha value is -0.260. The van der Waals surface area contributed by atoms with Gasteiger partial charge in [0.1, 0.15) is 0 Å². The first-order valence-electron chi connectivity index (χ1n) is 5.72. The summed E-state index contributed by atoms with van der Waals surface area (Å²) in [6, 6.07) is 0.189. The molecule has 0 bridgehead atoms. The van der Waals surface area contributed by atoms with Crippen LogP contribution in [-0.2, 0) is 0 Å². The first kappa shape index (κ1) is 15.7. The first-order chi connectivity index (χ1) is 6.98. The Morgan fingerprint density at radius 3 is 2.44 bits per heavy atom. The van der Waals surface area contributed by atoms with E-state index in [0.717, 1.165) is 12.8 Å². The van der Waals surface area contributed by atoms with Crippen molar-refractivity contribution in [1.29, 1.82) is 0 Å². The van der Waals surface area contributed by atoms with Crippen LogP contribution in [0.2, 0.25) is 0 Å². The molecule has 0 aromatic carbocycles. The quantitative estimate of drug-likeness (QED) is 0.675. The molecule has 0 aliphatic heterocycles. The second-order valence-corrected chi connectivity index (χ2v) is 4.67. The zero-order valence-corrected chi connectivity index (χ0v) is 9.76. The fourth-order valence-electron chi connectivity index (χ4n) is 2.74. The summed E-state index contributed by atoms with van der Waals surface area (Å²) < 4.78 is 25.9. The van der Waals surface area contributed by atoms with E-state index in [2.05, 4.69) is 0 Å². The normalized spacial score (nSPS) is 35.4. The van der Waals surface area contributed by atoms with Gasteiger partial charge in [0.2, 0.25) is 5.92 Å². The molecular formula is C11H25F2NO2. The summed E-state index contributed by atoms with van der Waals surface area (Å²) >= 11 is 0. The Labute approximate surface area is 96.8 Å². The molecule has 5 heteroatoms. The lowest BCUT2D eigenvalue weighted by Gasteiger charge is -2.31. The fraction of sp³-hybridized carbons (Fsp3) is 1.00. The van der Waals surface area contributed by atoms with Crippen LogP contribution in [0.4, 0.5) is 8.78 Å². The highest BCUT2D eigenvalue weighted by atomic mass is 19.3. The average Bonchev–Trinajstić information content (AvgIpc) is 2.44. The van der Waals surface area contributed by atoms with E-state index in [-0.39, 0.29) is 38.3 Å². The Morgan fingerprint density at radius 1 is 1.38 bits per heavy atom. The highest BCUT2D eigenvalue weighted by molar-refractivity contribution is 4.92. The molecule has 2 aliphatic rings. The van der Waals surface area contributed by atoms with Gasteiger partial charge in [0.15, 0.2) is 0 Å². The van der Waals surface area contributed by atoms with Crippen LogP contribution in [0.25, 0.3) is 0 Å². The minimum Gasteiger partial charge on any atom is -0.412 e. The lowest BCUT2D eigenvalue weighted by atomic mass is 9.80. The molecule has 100 valence electrons. The van der Waals surface area contributed by atoms with Crippen molar-refractivity contribution in [2.45, 2.75) is 51.0 Å². The highest BCUT2D eigenvalue weighted by Crippen LogP contribution is 2.47. The van der Waals surface area contributed by atoms with Crippen molar-refractivity contribution >= 4 is 0 Å². The van der Waals surface area contributed by atoms with E-state index in [1.165, 1.54) is 0 Å². The van der Waals surface area contributed by atoms with Crippen molar-refractivity contribution < 1.29 is 20.8 Å². The molecule has 0 amide bonds. The summed E-state index contributed by atoms with van der Waals surface area (Å²) in [5, 5.41) is 7.57. The molecule has 0 radical (unpaired) electrons. The van der Waals surface area contributed by atoms with Crippen LogP contribution in [-0.4, -0.2) is 29.2 Å². The third-order valence-corrected chi connectivity index (χ3v) is 3.32. The number of rotatable bonds is 0. The number of fused-ring (bicyclic) bond motifs is 1. The number of halogens is 2. The van der Waals surface area contributed by atoms with E-state index >= 15 is 0 Å². The van der Waals surface area contributed by atoms with Crippen LogP contribution in [0.1, 0.15) is 40.5 Å². The number of alkyl halides is 2. The molecule has 2 fully saturated rings. The molecule has 16 heavy (non-hydrogen) atoms. The number of hydrogen-bond donors (Lipinski definition) is 2. The molecule has 0 spiro atoms. The molecule has 0 heterocycles. The summed E-state index contributed by atoms with van der Waals surface area (Å²) in [7, 11) is 0. The molecule has 5 N–H and O–H groups in total. The van der Waals surface area contributed by atoms with Gasteiger partial charge in [0.05, 0.1) is 0 Å². The van der Waals surface area contributed by atoms with Gasteiger partial charge in [0.25, 0.3) is 0 Å². The van der Waals surface area contributed by atoms with E-state index in [9.17, 15) is 8.78 Å². The topological polar surface area (TPSA) is 77.8 Å². The van der Waals surface area contributed by atoms with Crippen molar-refractivity contribution in [3.63, 3.8) is 0 Å². The lowest BCUT2D eigenvalue weighted by molar-refractivity contribution is -0.0634. The predicted molar refractivity (Wildman–Crippen MR) is 61.5 cm³/mol. The molecule has 0 saturated heterocycles. The SMILES string of the molecule is CCO.N[C@@H]1C[C@@H]2CC(F)(F)CC[C@H]2C1.O.[HH]. The minimum absolute atomic E-state index is 0. The Balaban J connectivity index is 0. The van der Waals surface area contributed by atoms with Crippen LogP contribution in [0.3, 0.4) is 0 Å². The fourth-order valence-corrected chi connectivity index (χ4v) is 2.74. The highest BCUT2D eigenvalue weighted by Gasteiger charge is 2.44. The first-order valence-corrected chi connectivity index (χ1v) is 5.72. The second-order valence-electron chi connectivity index (χ2n) is 4.67. The number of aliphatic hydroxyl groups excluding tert-OH is 1. The van der Waals surface area contributed by atoms with E-state index in [1.54, 1.807) is 6.92 Å². The predicted octanol–water partition coefficient (Wildman–Crippen LogP) is 1.58. The maximum atomic E-state index is 12.9.